The molecule has 0 saturated carbocycles. The molecule has 0 spiro atoms. The Bertz CT molecular complexity index is 1400. The second kappa shape index (κ2) is 57.3. The Morgan fingerprint density at radius 2 is 0.800 bits per heavy atom. The van der Waals surface area contributed by atoms with Gasteiger partial charge in [-0.05, 0) is 96.3 Å². The normalized spacial score (nSPS) is 13.9. The van der Waals surface area contributed by atoms with Gasteiger partial charge >= 0.3 is 13.8 Å². The lowest BCUT2D eigenvalue weighted by Gasteiger charge is -2.20. The summed E-state index contributed by atoms with van der Waals surface area (Å²) in [4.78, 5) is 22.7. The van der Waals surface area contributed by atoms with Gasteiger partial charge < -0.3 is 20.1 Å². The van der Waals surface area contributed by atoms with Crippen LogP contribution in [-0.2, 0) is 27.9 Å². The molecule has 0 aliphatic rings. The summed E-state index contributed by atoms with van der Waals surface area (Å²) in [5.74, 6) is -0.362. The number of phosphoric acid groups is 1. The first-order valence-electron chi connectivity index (χ1n) is 28.7. The maximum absolute atomic E-state index is 12.7. The van der Waals surface area contributed by atoms with Crippen LogP contribution in [0.15, 0.2) is 97.2 Å². The third-order valence-corrected chi connectivity index (χ3v) is 13.0. The van der Waals surface area contributed by atoms with Crippen molar-refractivity contribution in [2.24, 2.45) is 5.73 Å². The second-order valence-electron chi connectivity index (χ2n) is 18.8. The Labute approximate surface area is 431 Å². The second-order valence-corrected chi connectivity index (χ2v) is 20.2. The van der Waals surface area contributed by atoms with E-state index in [9.17, 15) is 14.3 Å². The first kappa shape index (κ1) is 67.4. The molecule has 2 unspecified atom stereocenters. The van der Waals surface area contributed by atoms with Crippen molar-refractivity contribution in [1.82, 2.24) is 0 Å². The zero-order valence-electron chi connectivity index (χ0n) is 45.2. The van der Waals surface area contributed by atoms with Crippen molar-refractivity contribution in [1.29, 1.82) is 0 Å². The highest BCUT2D eigenvalue weighted by Crippen LogP contribution is 2.43. The van der Waals surface area contributed by atoms with E-state index < -0.39 is 13.9 Å². The molecular formula is C61H108NO7P. The van der Waals surface area contributed by atoms with Gasteiger partial charge in [-0.1, -0.05) is 239 Å². The molecule has 0 radical (unpaired) electrons. The Balaban J connectivity index is 3.98. The van der Waals surface area contributed by atoms with Crippen molar-refractivity contribution in [3.8, 4) is 0 Å². The van der Waals surface area contributed by atoms with Crippen LogP contribution in [0.25, 0.3) is 0 Å². The predicted molar refractivity (Wildman–Crippen MR) is 302 cm³/mol. The van der Waals surface area contributed by atoms with E-state index in [2.05, 4.69) is 111 Å². The van der Waals surface area contributed by atoms with Crippen LogP contribution in [0, 0.1) is 0 Å². The van der Waals surface area contributed by atoms with Crippen molar-refractivity contribution < 1.29 is 32.8 Å². The van der Waals surface area contributed by atoms with Crippen molar-refractivity contribution in [3.05, 3.63) is 97.2 Å². The van der Waals surface area contributed by atoms with Crippen molar-refractivity contribution in [2.45, 2.75) is 251 Å². The maximum atomic E-state index is 12.7. The Morgan fingerprint density at radius 1 is 0.443 bits per heavy atom. The standard InChI is InChI=1S/C61H108NO7P/c1-3-5-7-9-11-13-15-17-19-21-23-25-27-29-31-33-35-37-39-41-43-45-47-49-51-53-56-66-58-60(59-68-70(64,65)67-57-55-62)69-61(63)54-52-50-48-46-44-42-40-38-36-34-32-30-28-26-24-22-20-18-16-14-12-10-8-6-4-2/h6,8,12,14,18,20-21,23-24,26,30,32,36,38,42,44,60H,3-5,7,9-11,13,15-17,19,22,25,27-29,31,33-35,37,39-41,43,45-59,62H2,1-2H3,(H,64,65)/b8-6-,14-12-,20-18-,23-21-,26-24-,32-30-,38-36-,44-42-. The zero-order chi connectivity index (χ0) is 50.8. The molecule has 0 rings (SSSR count). The number of hydrogen-bond donors (Lipinski definition) is 2. The number of carbonyl (C=O) groups excluding carboxylic acids is 1. The molecule has 70 heavy (non-hydrogen) atoms. The lowest BCUT2D eigenvalue weighted by molar-refractivity contribution is -0.154. The highest BCUT2D eigenvalue weighted by Gasteiger charge is 2.25. The first-order chi connectivity index (χ1) is 34.4. The Kier molecular flexibility index (Phi) is 55.2. The van der Waals surface area contributed by atoms with Crippen LogP contribution in [0.5, 0.6) is 0 Å². The Morgan fingerprint density at radius 3 is 1.21 bits per heavy atom. The van der Waals surface area contributed by atoms with E-state index in [0.717, 1.165) is 77.0 Å². The average molecular weight is 999 g/mol. The van der Waals surface area contributed by atoms with E-state index in [0.29, 0.717) is 13.0 Å². The lowest BCUT2D eigenvalue weighted by atomic mass is 10.0. The minimum atomic E-state index is -4.30. The average Bonchev–Trinajstić information content (AvgIpc) is 3.35. The number of unbranched alkanes of at least 4 members (excludes halogenated alkanes) is 25. The molecule has 0 aromatic carbocycles. The van der Waals surface area contributed by atoms with Gasteiger partial charge in [0.2, 0.25) is 0 Å². The number of allylic oxidation sites excluding steroid dienone is 16. The van der Waals surface area contributed by atoms with Gasteiger partial charge in [-0.2, -0.15) is 0 Å². The third-order valence-electron chi connectivity index (χ3n) is 12.0. The SMILES string of the molecule is CC/C=C\C/C=C\C/C=C\C/C=C\C/C=C\C/C=C\C/C=C\CCCCCC(=O)OC(COCCCCCCCCCCCCCCCC/C=C\CCCCCCCCCC)COP(=O)(O)OCCN. The van der Waals surface area contributed by atoms with Crippen molar-refractivity contribution in [2.75, 3.05) is 33.0 Å². The summed E-state index contributed by atoms with van der Waals surface area (Å²) in [6, 6.07) is 0. The quantitative estimate of drug-likeness (QED) is 0.0268. The molecule has 404 valence electrons. The van der Waals surface area contributed by atoms with Crippen LogP contribution in [-0.4, -0.2) is 49.9 Å². The fourth-order valence-corrected chi connectivity index (χ4v) is 8.56. The van der Waals surface area contributed by atoms with E-state index in [1.165, 1.54) is 141 Å². The van der Waals surface area contributed by atoms with Crippen LogP contribution in [0.1, 0.15) is 245 Å². The largest absolute Gasteiger partial charge is 0.472 e. The highest BCUT2D eigenvalue weighted by atomic mass is 31.2. The number of nitrogens with two attached hydrogens (primary N) is 1. The molecule has 2 atom stereocenters. The van der Waals surface area contributed by atoms with Gasteiger partial charge in [-0.25, -0.2) is 4.57 Å². The van der Waals surface area contributed by atoms with E-state index in [1.54, 1.807) is 0 Å². The van der Waals surface area contributed by atoms with Gasteiger partial charge in [0.25, 0.3) is 0 Å². The highest BCUT2D eigenvalue weighted by molar-refractivity contribution is 7.47. The van der Waals surface area contributed by atoms with E-state index in [1.807, 2.05) is 0 Å². The fraction of sp³-hybridized carbons (Fsp3) is 0.721. The molecule has 0 aromatic rings. The minimum absolute atomic E-state index is 0.0902. The van der Waals surface area contributed by atoms with E-state index in [4.69, 9.17) is 24.3 Å². The number of phosphoric ester groups is 1. The molecule has 0 amide bonds. The summed E-state index contributed by atoms with van der Waals surface area (Å²) in [7, 11) is -4.30. The molecule has 8 nitrogen and oxygen atoms in total. The smallest absolute Gasteiger partial charge is 0.457 e. The van der Waals surface area contributed by atoms with Crippen LogP contribution >= 0.6 is 7.82 Å². The summed E-state index contributed by atoms with van der Waals surface area (Å²) in [6.45, 7) is 4.77. The van der Waals surface area contributed by atoms with Gasteiger partial charge in [-0.15, -0.1) is 0 Å². The number of ether oxygens (including phenoxy) is 2. The number of hydrogen-bond acceptors (Lipinski definition) is 7. The summed E-state index contributed by atoms with van der Waals surface area (Å²) in [6.07, 6.45) is 77.5. The minimum Gasteiger partial charge on any atom is -0.457 e. The summed E-state index contributed by atoms with van der Waals surface area (Å²) in [5, 5.41) is 0. The van der Waals surface area contributed by atoms with E-state index in [-0.39, 0.29) is 38.8 Å². The van der Waals surface area contributed by atoms with Gasteiger partial charge in [0, 0.05) is 19.6 Å². The fourth-order valence-electron chi connectivity index (χ4n) is 7.80. The van der Waals surface area contributed by atoms with Gasteiger partial charge in [0.1, 0.15) is 6.10 Å². The molecule has 0 aliphatic carbocycles. The summed E-state index contributed by atoms with van der Waals surface area (Å²) < 4.78 is 33.6. The van der Waals surface area contributed by atoms with Gasteiger partial charge in [0.05, 0.1) is 19.8 Å². The van der Waals surface area contributed by atoms with Crippen LogP contribution in [0.2, 0.25) is 0 Å². The first-order valence-corrected chi connectivity index (χ1v) is 30.2. The van der Waals surface area contributed by atoms with Crippen LogP contribution < -0.4 is 5.73 Å². The molecule has 9 heteroatoms. The Hall–Kier alpha value is -2.58. The van der Waals surface area contributed by atoms with Crippen LogP contribution in [0.4, 0.5) is 0 Å². The lowest BCUT2D eigenvalue weighted by Crippen LogP contribution is -2.28. The molecular weight excluding hydrogens is 890 g/mol. The number of carbonyl (C=O) groups is 1. The van der Waals surface area contributed by atoms with Crippen molar-refractivity contribution in [3.63, 3.8) is 0 Å². The van der Waals surface area contributed by atoms with Gasteiger partial charge in [-0.3, -0.25) is 13.8 Å². The topological polar surface area (TPSA) is 117 Å². The molecule has 0 aromatic heterocycles. The molecule has 0 fully saturated rings. The van der Waals surface area contributed by atoms with E-state index >= 15 is 0 Å². The molecule has 0 saturated heterocycles. The zero-order valence-corrected chi connectivity index (χ0v) is 46.1. The summed E-state index contributed by atoms with van der Waals surface area (Å²) >= 11 is 0. The van der Waals surface area contributed by atoms with Crippen molar-refractivity contribution >= 4 is 13.8 Å². The number of esters is 1. The molecule has 3 N–H and O–H groups in total. The molecule has 0 aliphatic heterocycles. The van der Waals surface area contributed by atoms with Gasteiger partial charge in [0.15, 0.2) is 0 Å². The summed E-state index contributed by atoms with van der Waals surface area (Å²) in [5.41, 5.74) is 5.40. The monoisotopic (exact) mass is 998 g/mol. The molecule has 0 bridgehead atoms. The maximum Gasteiger partial charge on any atom is 0.472 e. The third kappa shape index (κ3) is 56.3. The number of rotatable bonds is 54. The predicted octanol–water partition coefficient (Wildman–Crippen LogP) is 18.5. The molecule has 0 heterocycles. The van der Waals surface area contributed by atoms with Crippen LogP contribution in [0.3, 0.4) is 0 Å².